The fraction of sp³-hybridized carbons (Fsp3) is 0.333. The lowest BCUT2D eigenvalue weighted by atomic mass is 10.3. The van der Waals surface area contributed by atoms with Crippen molar-refractivity contribution in [2.45, 2.75) is 13.1 Å². The minimum absolute atomic E-state index is 0.665. The molecule has 120 valence electrons. The summed E-state index contributed by atoms with van der Waals surface area (Å²) in [5.74, 6) is 2.53. The van der Waals surface area contributed by atoms with Crippen LogP contribution < -0.4 is 10.6 Å². The normalized spacial score (nSPS) is 10.9. The van der Waals surface area contributed by atoms with Crippen LogP contribution in [0.2, 0.25) is 0 Å². The van der Waals surface area contributed by atoms with Gasteiger partial charge < -0.3 is 10.6 Å². The highest BCUT2D eigenvalue weighted by Crippen LogP contribution is 2.23. The predicted octanol–water partition coefficient (Wildman–Crippen LogP) is 2.24. The zero-order valence-electron chi connectivity index (χ0n) is 13.2. The number of nitrogens with zero attached hydrogens (tertiary/aromatic N) is 5. The van der Waals surface area contributed by atoms with Crippen LogP contribution >= 0.6 is 11.8 Å². The standard InChI is InChI=1S/C15H19N7S/c1-16-13-12-14(20-10-19-13)22(6-7-23-2)15(21-12)18-9-11-4-3-5-17-8-11/h3-5,8,10H,6-7,9H2,1-2H3,(H,18,21)(H,16,19,20). The average Bonchev–Trinajstić information content (AvgIpc) is 2.96. The zero-order valence-corrected chi connectivity index (χ0v) is 14.0. The molecule has 0 aliphatic rings. The lowest BCUT2D eigenvalue weighted by Crippen LogP contribution is -2.09. The monoisotopic (exact) mass is 329 g/mol. The summed E-state index contributed by atoms with van der Waals surface area (Å²) in [5.41, 5.74) is 2.73. The van der Waals surface area contributed by atoms with Gasteiger partial charge in [-0.15, -0.1) is 0 Å². The third kappa shape index (κ3) is 3.37. The van der Waals surface area contributed by atoms with Crippen LogP contribution in [0.4, 0.5) is 11.8 Å². The van der Waals surface area contributed by atoms with Gasteiger partial charge in [0.05, 0.1) is 0 Å². The number of hydrogen-bond acceptors (Lipinski definition) is 7. The Balaban J connectivity index is 1.93. The number of fused-ring (bicyclic) bond motifs is 1. The second-order valence-electron chi connectivity index (χ2n) is 4.94. The van der Waals surface area contributed by atoms with Crippen LogP contribution in [0.5, 0.6) is 0 Å². The van der Waals surface area contributed by atoms with E-state index in [1.54, 1.807) is 24.3 Å². The van der Waals surface area contributed by atoms with Crippen LogP contribution in [0, 0.1) is 0 Å². The van der Waals surface area contributed by atoms with Crippen LogP contribution in [0.15, 0.2) is 30.9 Å². The van der Waals surface area contributed by atoms with Crippen LogP contribution in [0.3, 0.4) is 0 Å². The Morgan fingerprint density at radius 3 is 2.96 bits per heavy atom. The maximum atomic E-state index is 4.69. The van der Waals surface area contributed by atoms with E-state index in [4.69, 9.17) is 0 Å². The molecule has 7 nitrogen and oxygen atoms in total. The summed E-state index contributed by atoms with van der Waals surface area (Å²) in [6.07, 6.45) is 7.28. The maximum absolute atomic E-state index is 4.69. The van der Waals surface area contributed by atoms with Crippen molar-refractivity contribution >= 4 is 34.7 Å². The molecule has 0 bridgehead atoms. The number of rotatable bonds is 7. The van der Waals surface area contributed by atoms with E-state index in [1.807, 2.05) is 25.4 Å². The SMILES string of the molecule is CNc1ncnc2c1nc(NCc1cccnc1)n2CCSC. The van der Waals surface area contributed by atoms with Crippen molar-refractivity contribution in [1.29, 1.82) is 0 Å². The number of thioether (sulfide) groups is 1. The van der Waals surface area contributed by atoms with E-state index in [0.717, 1.165) is 40.8 Å². The molecule has 0 unspecified atom stereocenters. The van der Waals surface area contributed by atoms with E-state index < -0.39 is 0 Å². The third-order valence-corrected chi connectivity index (χ3v) is 4.05. The van der Waals surface area contributed by atoms with Crippen molar-refractivity contribution in [3.8, 4) is 0 Å². The molecular weight excluding hydrogens is 310 g/mol. The van der Waals surface area contributed by atoms with Gasteiger partial charge in [-0.1, -0.05) is 6.07 Å². The lowest BCUT2D eigenvalue weighted by molar-refractivity contribution is 0.787. The molecular formula is C15H19N7S. The molecule has 3 aromatic heterocycles. The van der Waals surface area contributed by atoms with Crippen LogP contribution in [0.1, 0.15) is 5.56 Å². The van der Waals surface area contributed by atoms with Gasteiger partial charge in [0.25, 0.3) is 0 Å². The lowest BCUT2D eigenvalue weighted by Gasteiger charge is -2.09. The van der Waals surface area contributed by atoms with Gasteiger partial charge in [0.1, 0.15) is 6.33 Å². The molecule has 0 amide bonds. The summed E-state index contributed by atoms with van der Waals surface area (Å²) in [5, 5.41) is 6.46. The van der Waals surface area contributed by atoms with Crippen molar-refractivity contribution in [2.24, 2.45) is 0 Å². The average molecular weight is 329 g/mol. The summed E-state index contributed by atoms with van der Waals surface area (Å²) in [4.78, 5) is 17.5. The minimum atomic E-state index is 0.665. The Kier molecular flexibility index (Phi) is 4.92. The van der Waals surface area contributed by atoms with Crippen molar-refractivity contribution < 1.29 is 0 Å². The summed E-state index contributed by atoms with van der Waals surface area (Å²) < 4.78 is 2.10. The molecule has 3 heterocycles. The second-order valence-corrected chi connectivity index (χ2v) is 5.92. The van der Waals surface area contributed by atoms with E-state index in [9.17, 15) is 0 Å². The van der Waals surface area contributed by atoms with Crippen molar-refractivity contribution in [2.75, 3.05) is 29.7 Å². The molecule has 2 N–H and O–H groups in total. The highest BCUT2D eigenvalue weighted by atomic mass is 32.2. The van der Waals surface area contributed by atoms with E-state index in [1.165, 1.54) is 0 Å². The van der Waals surface area contributed by atoms with Gasteiger partial charge >= 0.3 is 0 Å². The molecule has 3 aromatic rings. The molecule has 0 atom stereocenters. The fourth-order valence-electron chi connectivity index (χ4n) is 2.33. The number of anilines is 2. The molecule has 0 aliphatic carbocycles. The zero-order chi connectivity index (χ0) is 16.1. The van der Waals surface area contributed by atoms with Gasteiger partial charge in [0.15, 0.2) is 17.0 Å². The highest BCUT2D eigenvalue weighted by molar-refractivity contribution is 7.98. The number of nitrogens with one attached hydrogen (secondary N) is 2. The maximum Gasteiger partial charge on any atom is 0.205 e. The van der Waals surface area contributed by atoms with Gasteiger partial charge in [-0.3, -0.25) is 9.55 Å². The predicted molar refractivity (Wildman–Crippen MR) is 94.8 cm³/mol. The molecule has 0 radical (unpaired) electrons. The van der Waals surface area contributed by atoms with Crippen molar-refractivity contribution in [3.63, 3.8) is 0 Å². The molecule has 0 aromatic carbocycles. The molecule has 0 saturated heterocycles. The number of aromatic nitrogens is 5. The van der Waals surface area contributed by atoms with Crippen molar-refractivity contribution in [1.82, 2.24) is 24.5 Å². The molecule has 8 heteroatoms. The van der Waals surface area contributed by atoms with Gasteiger partial charge in [-0.05, 0) is 17.9 Å². The Morgan fingerprint density at radius 1 is 1.30 bits per heavy atom. The third-order valence-electron chi connectivity index (χ3n) is 3.46. The summed E-state index contributed by atoms with van der Waals surface area (Å²) in [6, 6.07) is 3.96. The minimum Gasteiger partial charge on any atom is -0.371 e. The van der Waals surface area contributed by atoms with E-state index in [-0.39, 0.29) is 0 Å². The summed E-state index contributed by atoms with van der Waals surface area (Å²) in [6.45, 7) is 1.51. The van der Waals surface area contributed by atoms with Gasteiger partial charge in [-0.2, -0.15) is 11.8 Å². The van der Waals surface area contributed by atoms with E-state index in [0.29, 0.717) is 6.54 Å². The number of aryl methyl sites for hydroxylation is 1. The largest absolute Gasteiger partial charge is 0.371 e. The molecule has 0 fully saturated rings. The number of imidazole rings is 1. The molecule has 23 heavy (non-hydrogen) atoms. The van der Waals surface area contributed by atoms with Crippen LogP contribution in [0.25, 0.3) is 11.2 Å². The molecule has 0 aliphatic heterocycles. The van der Waals surface area contributed by atoms with Crippen LogP contribution in [-0.2, 0) is 13.1 Å². The second kappa shape index (κ2) is 7.28. The summed E-state index contributed by atoms with van der Waals surface area (Å²) >= 11 is 1.80. The highest BCUT2D eigenvalue weighted by Gasteiger charge is 2.15. The Hall–Kier alpha value is -2.35. The molecule has 3 rings (SSSR count). The first kappa shape index (κ1) is 15.5. The van der Waals surface area contributed by atoms with E-state index >= 15 is 0 Å². The first-order chi connectivity index (χ1) is 11.3. The van der Waals surface area contributed by atoms with E-state index in [2.05, 4.69) is 41.4 Å². The van der Waals surface area contributed by atoms with Crippen LogP contribution in [-0.4, -0.2) is 43.6 Å². The number of hydrogen-bond donors (Lipinski definition) is 2. The molecule has 0 saturated carbocycles. The quantitative estimate of drug-likeness (QED) is 0.688. The Morgan fingerprint density at radius 2 is 2.22 bits per heavy atom. The molecule has 0 spiro atoms. The topological polar surface area (TPSA) is 80.6 Å². The number of pyridine rings is 1. The first-order valence-corrected chi connectivity index (χ1v) is 8.73. The smallest absolute Gasteiger partial charge is 0.205 e. The van der Waals surface area contributed by atoms with Gasteiger partial charge in [-0.25, -0.2) is 15.0 Å². The Bertz CT molecular complexity index is 772. The first-order valence-electron chi connectivity index (χ1n) is 7.34. The summed E-state index contributed by atoms with van der Waals surface area (Å²) in [7, 11) is 1.84. The van der Waals surface area contributed by atoms with Gasteiger partial charge in [0, 0.05) is 38.3 Å². The Labute approximate surface area is 139 Å². The van der Waals surface area contributed by atoms with Crippen molar-refractivity contribution in [3.05, 3.63) is 36.4 Å². The fourth-order valence-corrected chi connectivity index (χ4v) is 2.70. The van der Waals surface area contributed by atoms with Gasteiger partial charge in [0.2, 0.25) is 5.95 Å².